The van der Waals surface area contributed by atoms with E-state index in [4.69, 9.17) is 5.73 Å². The molecule has 2 nitrogen and oxygen atoms in total. The molecule has 3 heteroatoms. The van der Waals surface area contributed by atoms with Crippen LogP contribution in [0.2, 0.25) is 0 Å². The SMILES string of the molecule is N[C@@H]1c2cc(Br)ccc2CC12CCNCC2. The highest BCUT2D eigenvalue weighted by Crippen LogP contribution is 2.50. The Morgan fingerprint density at radius 2 is 2.06 bits per heavy atom. The van der Waals surface area contributed by atoms with E-state index in [0.29, 0.717) is 5.41 Å². The summed E-state index contributed by atoms with van der Waals surface area (Å²) in [5.74, 6) is 0. The molecule has 1 heterocycles. The second-order valence-electron chi connectivity index (χ2n) is 5.11. The fourth-order valence-electron chi connectivity index (χ4n) is 3.25. The molecule has 1 aliphatic heterocycles. The number of hydrogen-bond donors (Lipinski definition) is 2. The highest BCUT2D eigenvalue weighted by molar-refractivity contribution is 9.10. The molecule has 0 bridgehead atoms. The van der Waals surface area contributed by atoms with E-state index in [2.05, 4.69) is 39.4 Å². The van der Waals surface area contributed by atoms with Crippen molar-refractivity contribution < 1.29 is 0 Å². The number of halogens is 1. The summed E-state index contributed by atoms with van der Waals surface area (Å²) in [6.07, 6.45) is 3.58. The minimum atomic E-state index is 0.224. The number of piperidine rings is 1. The molecule has 0 radical (unpaired) electrons. The smallest absolute Gasteiger partial charge is 0.0359 e. The van der Waals surface area contributed by atoms with Gasteiger partial charge in [0.2, 0.25) is 0 Å². The topological polar surface area (TPSA) is 38.0 Å². The Bertz CT molecular complexity index is 410. The van der Waals surface area contributed by atoms with Gasteiger partial charge in [0, 0.05) is 10.5 Å². The number of rotatable bonds is 0. The standard InChI is InChI=1S/C13H17BrN2/c14-10-2-1-9-8-13(3-5-16-6-4-13)12(15)11(9)7-10/h1-2,7,12,16H,3-6,8,15H2/t12-/m1/s1. The minimum Gasteiger partial charge on any atom is -0.323 e. The maximum Gasteiger partial charge on any atom is 0.0359 e. The van der Waals surface area contributed by atoms with Crippen LogP contribution in [0.25, 0.3) is 0 Å². The van der Waals surface area contributed by atoms with E-state index in [1.54, 1.807) is 0 Å². The quantitative estimate of drug-likeness (QED) is 0.766. The van der Waals surface area contributed by atoms with Gasteiger partial charge in [-0.15, -0.1) is 0 Å². The van der Waals surface area contributed by atoms with Crippen molar-refractivity contribution in [3.63, 3.8) is 0 Å². The van der Waals surface area contributed by atoms with Crippen molar-refractivity contribution in [2.24, 2.45) is 11.1 Å². The third-order valence-corrected chi connectivity index (χ3v) is 4.74. The predicted octanol–water partition coefficient (Wildman–Crippen LogP) is 2.37. The van der Waals surface area contributed by atoms with Crippen molar-refractivity contribution in [3.8, 4) is 0 Å². The van der Waals surface area contributed by atoms with Crippen molar-refractivity contribution >= 4 is 15.9 Å². The summed E-state index contributed by atoms with van der Waals surface area (Å²) in [5, 5.41) is 3.43. The molecule has 1 saturated heterocycles. The van der Waals surface area contributed by atoms with Gasteiger partial charge in [0.15, 0.2) is 0 Å². The molecule has 1 aromatic rings. The molecule has 1 fully saturated rings. The van der Waals surface area contributed by atoms with Crippen LogP contribution in [0.4, 0.5) is 0 Å². The van der Waals surface area contributed by atoms with Crippen molar-refractivity contribution in [1.29, 1.82) is 0 Å². The van der Waals surface area contributed by atoms with Crippen LogP contribution >= 0.6 is 15.9 Å². The zero-order valence-corrected chi connectivity index (χ0v) is 10.9. The Morgan fingerprint density at radius 1 is 1.31 bits per heavy atom. The third-order valence-electron chi connectivity index (χ3n) is 4.24. The summed E-state index contributed by atoms with van der Waals surface area (Å²) in [4.78, 5) is 0. The average Bonchev–Trinajstić information content (AvgIpc) is 2.55. The summed E-state index contributed by atoms with van der Waals surface area (Å²) in [5.41, 5.74) is 9.62. The molecule has 1 spiro atoms. The van der Waals surface area contributed by atoms with Gasteiger partial charge in [-0.1, -0.05) is 22.0 Å². The zero-order valence-electron chi connectivity index (χ0n) is 9.30. The van der Waals surface area contributed by atoms with Gasteiger partial charge >= 0.3 is 0 Å². The summed E-state index contributed by atoms with van der Waals surface area (Å²) >= 11 is 3.54. The summed E-state index contributed by atoms with van der Waals surface area (Å²) in [7, 11) is 0. The molecule has 16 heavy (non-hydrogen) atoms. The average molecular weight is 281 g/mol. The number of benzene rings is 1. The highest BCUT2D eigenvalue weighted by atomic mass is 79.9. The van der Waals surface area contributed by atoms with Crippen LogP contribution in [0.15, 0.2) is 22.7 Å². The van der Waals surface area contributed by atoms with Crippen LogP contribution in [0.5, 0.6) is 0 Å². The van der Waals surface area contributed by atoms with Crippen LogP contribution in [-0.4, -0.2) is 13.1 Å². The number of nitrogens with two attached hydrogens (primary N) is 1. The first kappa shape index (κ1) is 10.8. The molecule has 0 aromatic heterocycles. The van der Waals surface area contributed by atoms with E-state index in [1.807, 2.05) is 0 Å². The lowest BCUT2D eigenvalue weighted by Gasteiger charge is -2.37. The largest absolute Gasteiger partial charge is 0.323 e. The Hall–Kier alpha value is -0.380. The van der Waals surface area contributed by atoms with Gasteiger partial charge in [-0.3, -0.25) is 0 Å². The van der Waals surface area contributed by atoms with Crippen molar-refractivity contribution in [2.45, 2.75) is 25.3 Å². The second-order valence-corrected chi connectivity index (χ2v) is 6.03. The first-order chi connectivity index (χ1) is 7.71. The Labute approximate surface area is 105 Å². The van der Waals surface area contributed by atoms with Crippen LogP contribution in [0.3, 0.4) is 0 Å². The molecular weight excluding hydrogens is 264 g/mol. The van der Waals surface area contributed by atoms with E-state index in [-0.39, 0.29) is 6.04 Å². The monoisotopic (exact) mass is 280 g/mol. The zero-order chi connectivity index (χ0) is 11.2. The van der Waals surface area contributed by atoms with Crippen molar-refractivity contribution in [3.05, 3.63) is 33.8 Å². The first-order valence-corrected chi connectivity index (χ1v) is 6.75. The number of hydrogen-bond acceptors (Lipinski definition) is 2. The highest BCUT2D eigenvalue weighted by Gasteiger charge is 2.44. The van der Waals surface area contributed by atoms with E-state index in [1.165, 1.54) is 30.4 Å². The Morgan fingerprint density at radius 3 is 2.81 bits per heavy atom. The Balaban J connectivity index is 1.99. The number of nitrogens with one attached hydrogen (secondary N) is 1. The van der Waals surface area contributed by atoms with Gasteiger partial charge in [-0.25, -0.2) is 0 Å². The minimum absolute atomic E-state index is 0.224. The first-order valence-electron chi connectivity index (χ1n) is 5.96. The van der Waals surface area contributed by atoms with E-state index < -0.39 is 0 Å². The van der Waals surface area contributed by atoms with E-state index in [9.17, 15) is 0 Å². The van der Waals surface area contributed by atoms with Gasteiger partial charge < -0.3 is 11.1 Å². The van der Waals surface area contributed by atoms with E-state index >= 15 is 0 Å². The third kappa shape index (κ3) is 1.53. The van der Waals surface area contributed by atoms with E-state index in [0.717, 1.165) is 17.6 Å². The summed E-state index contributed by atoms with van der Waals surface area (Å²) < 4.78 is 1.15. The lowest BCUT2D eigenvalue weighted by atomic mass is 9.73. The molecule has 1 aliphatic carbocycles. The maximum absolute atomic E-state index is 6.48. The molecular formula is C13H17BrN2. The van der Waals surface area contributed by atoms with Crippen LogP contribution in [0, 0.1) is 5.41 Å². The lowest BCUT2D eigenvalue weighted by Crippen LogP contribution is -2.42. The van der Waals surface area contributed by atoms with Gasteiger partial charge in [-0.2, -0.15) is 0 Å². The number of fused-ring (bicyclic) bond motifs is 1. The van der Waals surface area contributed by atoms with Crippen LogP contribution < -0.4 is 11.1 Å². The Kier molecular flexibility index (Phi) is 2.57. The fraction of sp³-hybridized carbons (Fsp3) is 0.538. The molecule has 1 atom stereocenters. The van der Waals surface area contributed by atoms with Crippen LogP contribution in [0.1, 0.15) is 30.0 Å². The molecule has 3 N–H and O–H groups in total. The van der Waals surface area contributed by atoms with Gasteiger partial charge in [0.05, 0.1) is 0 Å². The molecule has 0 saturated carbocycles. The molecule has 3 rings (SSSR count). The summed E-state index contributed by atoms with van der Waals surface area (Å²) in [6.45, 7) is 2.23. The molecule has 0 amide bonds. The predicted molar refractivity (Wildman–Crippen MR) is 69.3 cm³/mol. The molecule has 0 unspecified atom stereocenters. The molecule has 2 aliphatic rings. The normalized spacial score (nSPS) is 27.0. The van der Waals surface area contributed by atoms with Gasteiger partial charge in [0.1, 0.15) is 0 Å². The molecule has 1 aromatic carbocycles. The fourth-order valence-corrected chi connectivity index (χ4v) is 3.63. The van der Waals surface area contributed by atoms with Crippen LogP contribution in [-0.2, 0) is 6.42 Å². The second kappa shape index (κ2) is 3.83. The van der Waals surface area contributed by atoms with Gasteiger partial charge in [0.25, 0.3) is 0 Å². The van der Waals surface area contributed by atoms with Crippen molar-refractivity contribution in [1.82, 2.24) is 5.32 Å². The maximum atomic E-state index is 6.48. The van der Waals surface area contributed by atoms with Gasteiger partial charge in [-0.05, 0) is 61.0 Å². The molecule has 86 valence electrons. The van der Waals surface area contributed by atoms with Crippen molar-refractivity contribution in [2.75, 3.05) is 13.1 Å². The summed E-state index contributed by atoms with van der Waals surface area (Å²) in [6, 6.07) is 6.79. The lowest BCUT2D eigenvalue weighted by molar-refractivity contribution is 0.174.